The summed E-state index contributed by atoms with van der Waals surface area (Å²) in [5.41, 5.74) is 5.60. The first-order valence-electron chi connectivity index (χ1n) is 5.52. The third kappa shape index (κ3) is 4.39. The standard InChI is InChI=1S/C10H20N6O/c1-6(5-7(2)17)12-9-13-8(11)14-10(15-9)16(3)4/h6-7,17H,5H2,1-4H3,(H3,11,12,13,14,15). The van der Waals surface area contributed by atoms with E-state index in [0.29, 0.717) is 18.3 Å². The molecule has 0 radical (unpaired) electrons. The maximum atomic E-state index is 9.27. The minimum Gasteiger partial charge on any atom is -0.393 e. The Morgan fingerprint density at radius 2 is 1.94 bits per heavy atom. The molecule has 0 aliphatic heterocycles. The molecule has 0 aliphatic rings. The summed E-state index contributed by atoms with van der Waals surface area (Å²) in [6.45, 7) is 3.69. The van der Waals surface area contributed by atoms with Crippen molar-refractivity contribution in [2.24, 2.45) is 0 Å². The van der Waals surface area contributed by atoms with E-state index in [4.69, 9.17) is 5.73 Å². The Balaban J connectivity index is 2.77. The summed E-state index contributed by atoms with van der Waals surface area (Å²) in [5, 5.41) is 12.4. The fraction of sp³-hybridized carbons (Fsp3) is 0.700. The minimum absolute atomic E-state index is 0.0619. The van der Waals surface area contributed by atoms with Crippen LogP contribution in [0.5, 0.6) is 0 Å². The van der Waals surface area contributed by atoms with Gasteiger partial charge >= 0.3 is 0 Å². The normalized spacial score (nSPS) is 14.2. The molecule has 1 aromatic heterocycles. The lowest BCUT2D eigenvalue weighted by molar-refractivity contribution is 0.179. The lowest BCUT2D eigenvalue weighted by atomic mass is 10.2. The number of nitrogens with two attached hydrogens (primary N) is 1. The number of hydrogen-bond acceptors (Lipinski definition) is 7. The van der Waals surface area contributed by atoms with Crippen molar-refractivity contribution in [3.05, 3.63) is 0 Å². The van der Waals surface area contributed by atoms with Crippen LogP contribution in [0.1, 0.15) is 20.3 Å². The zero-order valence-electron chi connectivity index (χ0n) is 10.7. The maximum absolute atomic E-state index is 9.27. The van der Waals surface area contributed by atoms with Gasteiger partial charge in [-0.15, -0.1) is 0 Å². The second-order valence-electron chi connectivity index (χ2n) is 4.34. The lowest BCUT2D eigenvalue weighted by Crippen LogP contribution is -2.23. The smallest absolute Gasteiger partial charge is 0.231 e. The number of hydrogen-bond donors (Lipinski definition) is 3. The van der Waals surface area contributed by atoms with Crippen LogP contribution < -0.4 is 16.0 Å². The number of nitrogens with zero attached hydrogens (tertiary/aromatic N) is 4. The molecule has 17 heavy (non-hydrogen) atoms. The number of aliphatic hydroxyl groups is 1. The topological polar surface area (TPSA) is 100 Å². The van der Waals surface area contributed by atoms with Crippen LogP contribution in [0.2, 0.25) is 0 Å². The average Bonchev–Trinajstić information content (AvgIpc) is 2.14. The molecule has 7 nitrogen and oxygen atoms in total. The Bertz CT molecular complexity index is 368. The second-order valence-corrected chi connectivity index (χ2v) is 4.34. The van der Waals surface area contributed by atoms with Gasteiger partial charge in [0.05, 0.1) is 6.10 Å². The fourth-order valence-electron chi connectivity index (χ4n) is 1.44. The highest BCUT2D eigenvalue weighted by molar-refractivity contribution is 5.41. The minimum atomic E-state index is -0.370. The molecular formula is C10H20N6O. The molecule has 7 heteroatoms. The van der Waals surface area contributed by atoms with E-state index in [2.05, 4.69) is 20.3 Å². The van der Waals surface area contributed by atoms with E-state index >= 15 is 0 Å². The molecule has 0 aromatic carbocycles. The number of aliphatic hydroxyl groups excluding tert-OH is 1. The van der Waals surface area contributed by atoms with Crippen LogP contribution in [-0.2, 0) is 0 Å². The number of nitrogens with one attached hydrogen (secondary N) is 1. The van der Waals surface area contributed by atoms with Gasteiger partial charge < -0.3 is 21.1 Å². The summed E-state index contributed by atoms with van der Waals surface area (Å²) in [6, 6.07) is 0.0619. The maximum Gasteiger partial charge on any atom is 0.231 e. The molecule has 4 N–H and O–H groups in total. The lowest BCUT2D eigenvalue weighted by Gasteiger charge is -2.17. The van der Waals surface area contributed by atoms with Gasteiger partial charge in [-0.05, 0) is 20.3 Å². The van der Waals surface area contributed by atoms with E-state index in [9.17, 15) is 5.11 Å². The summed E-state index contributed by atoms with van der Waals surface area (Å²) < 4.78 is 0. The summed E-state index contributed by atoms with van der Waals surface area (Å²) in [4.78, 5) is 14.0. The van der Waals surface area contributed by atoms with E-state index in [1.54, 1.807) is 11.8 Å². The van der Waals surface area contributed by atoms with Crippen molar-refractivity contribution in [1.82, 2.24) is 15.0 Å². The quantitative estimate of drug-likeness (QED) is 0.670. The van der Waals surface area contributed by atoms with Crippen molar-refractivity contribution in [2.45, 2.75) is 32.4 Å². The molecule has 0 amide bonds. The molecule has 0 bridgehead atoms. The van der Waals surface area contributed by atoms with Crippen LogP contribution in [0.15, 0.2) is 0 Å². The summed E-state index contributed by atoms with van der Waals surface area (Å²) in [7, 11) is 3.66. The number of nitrogen functional groups attached to an aromatic ring is 1. The highest BCUT2D eigenvalue weighted by Crippen LogP contribution is 2.11. The Morgan fingerprint density at radius 1 is 1.29 bits per heavy atom. The highest BCUT2D eigenvalue weighted by atomic mass is 16.3. The zero-order chi connectivity index (χ0) is 13.0. The van der Waals surface area contributed by atoms with Gasteiger partial charge in [0.1, 0.15) is 0 Å². The largest absolute Gasteiger partial charge is 0.393 e. The van der Waals surface area contributed by atoms with Gasteiger partial charge in [-0.25, -0.2) is 0 Å². The van der Waals surface area contributed by atoms with Crippen molar-refractivity contribution in [2.75, 3.05) is 30.0 Å². The van der Waals surface area contributed by atoms with Crippen molar-refractivity contribution in [3.8, 4) is 0 Å². The summed E-state index contributed by atoms with van der Waals surface area (Å²) in [6.07, 6.45) is 0.244. The predicted octanol–water partition coefficient (Wildman–Crippen LogP) is 0.0911. The molecule has 96 valence electrons. The van der Waals surface area contributed by atoms with Gasteiger partial charge in [-0.3, -0.25) is 0 Å². The van der Waals surface area contributed by atoms with E-state index in [1.165, 1.54) is 0 Å². The highest BCUT2D eigenvalue weighted by Gasteiger charge is 2.10. The summed E-state index contributed by atoms with van der Waals surface area (Å²) in [5.74, 6) is 1.11. The van der Waals surface area contributed by atoms with Crippen LogP contribution in [0.3, 0.4) is 0 Å². The Labute approximate surface area is 101 Å². The molecule has 0 aliphatic carbocycles. The number of aromatic nitrogens is 3. The van der Waals surface area contributed by atoms with Crippen LogP contribution in [0, 0.1) is 0 Å². The zero-order valence-corrected chi connectivity index (χ0v) is 10.7. The molecule has 2 unspecified atom stereocenters. The Hall–Kier alpha value is -1.63. The van der Waals surface area contributed by atoms with Gasteiger partial charge in [-0.2, -0.15) is 15.0 Å². The van der Waals surface area contributed by atoms with Crippen LogP contribution in [-0.4, -0.2) is 46.3 Å². The second kappa shape index (κ2) is 5.62. The van der Waals surface area contributed by atoms with Crippen molar-refractivity contribution >= 4 is 17.8 Å². The summed E-state index contributed by atoms with van der Waals surface area (Å²) >= 11 is 0. The number of rotatable bonds is 5. The molecule has 0 fully saturated rings. The molecule has 1 heterocycles. The predicted molar refractivity (Wildman–Crippen MR) is 67.9 cm³/mol. The fourth-order valence-corrected chi connectivity index (χ4v) is 1.44. The van der Waals surface area contributed by atoms with Gasteiger partial charge in [0.2, 0.25) is 17.8 Å². The molecule has 1 rings (SSSR count). The molecule has 1 aromatic rings. The molecular weight excluding hydrogens is 220 g/mol. The molecule has 2 atom stereocenters. The van der Waals surface area contributed by atoms with E-state index < -0.39 is 0 Å². The van der Waals surface area contributed by atoms with Crippen LogP contribution >= 0.6 is 0 Å². The van der Waals surface area contributed by atoms with Gasteiger partial charge in [-0.1, -0.05) is 0 Å². The van der Waals surface area contributed by atoms with Crippen LogP contribution in [0.4, 0.5) is 17.8 Å². The molecule has 0 saturated carbocycles. The van der Waals surface area contributed by atoms with Gasteiger partial charge in [0.25, 0.3) is 0 Å². The monoisotopic (exact) mass is 240 g/mol. The molecule has 0 saturated heterocycles. The first kappa shape index (κ1) is 13.4. The Kier molecular flexibility index (Phi) is 4.45. The first-order valence-corrected chi connectivity index (χ1v) is 5.52. The average molecular weight is 240 g/mol. The van der Waals surface area contributed by atoms with Crippen molar-refractivity contribution in [3.63, 3.8) is 0 Å². The SMILES string of the molecule is CC(O)CC(C)Nc1nc(N)nc(N(C)C)n1. The van der Waals surface area contributed by atoms with E-state index in [1.807, 2.05) is 21.0 Å². The number of anilines is 3. The third-order valence-electron chi connectivity index (χ3n) is 2.11. The van der Waals surface area contributed by atoms with Crippen molar-refractivity contribution in [1.29, 1.82) is 0 Å². The van der Waals surface area contributed by atoms with E-state index in [-0.39, 0.29) is 18.1 Å². The van der Waals surface area contributed by atoms with Crippen molar-refractivity contribution < 1.29 is 5.11 Å². The first-order chi connectivity index (χ1) is 7.88. The van der Waals surface area contributed by atoms with Gasteiger partial charge in [0.15, 0.2) is 0 Å². The van der Waals surface area contributed by atoms with Crippen LogP contribution in [0.25, 0.3) is 0 Å². The van der Waals surface area contributed by atoms with Gasteiger partial charge in [0, 0.05) is 20.1 Å². The molecule has 0 spiro atoms. The third-order valence-corrected chi connectivity index (χ3v) is 2.11. The van der Waals surface area contributed by atoms with E-state index in [0.717, 1.165) is 0 Å². The Morgan fingerprint density at radius 3 is 2.47 bits per heavy atom.